The molecule has 0 aromatic carbocycles. The largest absolute Gasteiger partial charge is 0.389 e. The molecule has 1 heterocycles. The zero-order valence-corrected chi connectivity index (χ0v) is 7.40. The lowest BCUT2D eigenvalue weighted by Gasteiger charge is -2.29. The fourth-order valence-corrected chi connectivity index (χ4v) is 1.31. The zero-order valence-electron chi connectivity index (χ0n) is 7.40. The van der Waals surface area contributed by atoms with Gasteiger partial charge in [0.15, 0.2) is 0 Å². The molecule has 0 bridgehead atoms. The Bertz CT molecular complexity index is 171. The van der Waals surface area contributed by atoms with E-state index in [1.54, 1.807) is 18.7 Å². The highest BCUT2D eigenvalue weighted by Crippen LogP contribution is 2.19. The van der Waals surface area contributed by atoms with Gasteiger partial charge in [-0.1, -0.05) is 0 Å². The highest BCUT2D eigenvalue weighted by atomic mass is 16.3. The zero-order chi connectivity index (χ0) is 9.35. The van der Waals surface area contributed by atoms with Gasteiger partial charge in [0.05, 0.1) is 17.7 Å². The summed E-state index contributed by atoms with van der Waals surface area (Å²) in [4.78, 5) is 12.4. The molecular weight excluding hydrogens is 158 g/mol. The topological polar surface area (TPSA) is 60.8 Å². The molecule has 0 spiro atoms. The van der Waals surface area contributed by atoms with Gasteiger partial charge >= 0.3 is 0 Å². The minimum atomic E-state index is -0.718. The summed E-state index contributed by atoms with van der Waals surface area (Å²) in [7, 11) is 0. The molecule has 1 aliphatic heterocycles. The summed E-state index contributed by atoms with van der Waals surface area (Å²) in [6.45, 7) is 4.27. The van der Waals surface area contributed by atoms with E-state index in [1.165, 1.54) is 0 Å². The molecule has 0 aromatic rings. The predicted molar refractivity (Wildman–Crippen MR) is 43.7 cm³/mol. The van der Waals surface area contributed by atoms with Gasteiger partial charge in [0.2, 0.25) is 0 Å². The highest BCUT2D eigenvalue weighted by molar-refractivity contribution is 5.62. The van der Waals surface area contributed by atoms with Crippen molar-refractivity contribution in [2.45, 2.75) is 31.6 Å². The number of likely N-dealkylation sites (tertiary alicyclic amines) is 1. The maximum atomic E-state index is 10.6. The Labute approximate surface area is 71.8 Å². The number of hydrogen-bond donors (Lipinski definition) is 2. The molecule has 0 aliphatic carbocycles. The second kappa shape index (κ2) is 3.12. The van der Waals surface area contributed by atoms with E-state index >= 15 is 0 Å². The molecule has 2 unspecified atom stereocenters. The lowest BCUT2D eigenvalue weighted by atomic mass is 10.1. The number of carbonyl (C=O) groups excluding carboxylic acids is 1. The van der Waals surface area contributed by atoms with Gasteiger partial charge in [-0.3, -0.25) is 4.90 Å². The van der Waals surface area contributed by atoms with Crippen LogP contribution in [-0.4, -0.2) is 52.2 Å². The molecule has 70 valence electrons. The van der Waals surface area contributed by atoms with Gasteiger partial charge in [-0.15, -0.1) is 0 Å². The first kappa shape index (κ1) is 9.64. The Kier molecular flexibility index (Phi) is 2.51. The molecule has 0 saturated carbocycles. The van der Waals surface area contributed by atoms with Crippen LogP contribution in [0.2, 0.25) is 0 Å². The van der Waals surface area contributed by atoms with Gasteiger partial charge in [0.25, 0.3) is 0 Å². The van der Waals surface area contributed by atoms with Crippen molar-refractivity contribution in [1.29, 1.82) is 0 Å². The third kappa shape index (κ3) is 1.65. The van der Waals surface area contributed by atoms with Gasteiger partial charge < -0.3 is 15.0 Å². The molecule has 1 fully saturated rings. The van der Waals surface area contributed by atoms with Crippen LogP contribution in [-0.2, 0) is 4.79 Å². The molecule has 1 aliphatic rings. The summed E-state index contributed by atoms with van der Waals surface area (Å²) in [5.41, 5.74) is -0.585. The third-order valence-electron chi connectivity index (χ3n) is 2.36. The van der Waals surface area contributed by atoms with Crippen LogP contribution in [0.15, 0.2) is 0 Å². The van der Waals surface area contributed by atoms with E-state index in [0.29, 0.717) is 13.1 Å². The van der Waals surface area contributed by atoms with Crippen molar-refractivity contribution in [2.24, 2.45) is 0 Å². The molecule has 1 saturated heterocycles. The van der Waals surface area contributed by atoms with E-state index in [1.807, 2.05) is 0 Å². The molecule has 0 amide bonds. The van der Waals surface area contributed by atoms with Crippen molar-refractivity contribution < 1.29 is 15.0 Å². The summed E-state index contributed by atoms with van der Waals surface area (Å²) in [6.07, 6.45) is -0.606. The van der Waals surface area contributed by atoms with Crippen LogP contribution in [0.4, 0.5) is 0 Å². The van der Waals surface area contributed by atoms with Crippen molar-refractivity contribution >= 4 is 6.29 Å². The lowest BCUT2D eigenvalue weighted by molar-refractivity contribution is -0.116. The Morgan fingerprint density at radius 3 is 2.08 bits per heavy atom. The second-order valence-corrected chi connectivity index (χ2v) is 3.81. The third-order valence-corrected chi connectivity index (χ3v) is 2.36. The molecule has 12 heavy (non-hydrogen) atoms. The summed E-state index contributed by atoms with van der Waals surface area (Å²) < 4.78 is 0. The molecule has 2 atom stereocenters. The van der Waals surface area contributed by atoms with E-state index < -0.39 is 17.7 Å². The Hall–Kier alpha value is -0.450. The SMILES string of the molecule is CC(C)(C=O)N1CC(O)C(O)C1. The Morgan fingerprint density at radius 2 is 1.75 bits per heavy atom. The number of hydrogen-bond acceptors (Lipinski definition) is 4. The van der Waals surface area contributed by atoms with E-state index in [0.717, 1.165) is 6.29 Å². The van der Waals surface area contributed by atoms with E-state index in [2.05, 4.69) is 0 Å². The number of nitrogens with zero attached hydrogens (tertiary/aromatic N) is 1. The first-order chi connectivity index (χ1) is 5.47. The van der Waals surface area contributed by atoms with Gasteiger partial charge in [-0.25, -0.2) is 0 Å². The van der Waals surface area contributed by atoms with Crippen molar-refractivity contribution in [2.75, 3.05) is 13.1 Å². The Balaban J connectivity index is 2.62. The first-order valence-corrected chi connectivity index (χ1v) is 4.05. The number of carbonyl (C=O) groups is 1. The first-order valence-electron chi connectivity index (χ1n) is 4.05. The number of aliphatic hydroxyl groups excluding tert-OH is 2. The van der Waals surface area contributed by atoms with Crippen molar-refractivity contribution in [3.8, 4) is 0 Å². The number of aliphatic hydroxyl groups is 2. The van der Waals surface area contributed by atoms with Crippen LogP contribution in [0.5, 0.6) is 0 Å². The fourth-order valence-electron chi connectivity index (χ4n) is 1.31. The summed E-state index contributed by atoms with van der Waals surface area (Å²) >= 11 is 0. The van der Waals surface area contributed by atoms with E-state index in [4.69, 9.17) is 0 Å². The van der Waals surface area contributed by atoms with Crippen LogP contribution >= 0.6 is 0 Å². The maximum Gasteiger partial charge on any atom is 0.139 e. The summed E-state index contributed by atoms with van der Waals surface area (Å²) in [5, 5.41) is 18.4. The van der Waals surface area contributed by atoms with Gasteiger partial charge in [0, 0.05) is 13.1 Å². The van der Waals surface area contributed by atoms with Gasteiger partial charge in [-0.2, -0.15) is 0 Å². The monoisotopic (exact) mass is 173 g/mol. The number of rotatable bonds is 2. The minimum absolute atomic E-state index is 0.368. The van der Waals surface area contributed by atoms with Crippen molar-refractivity contribution in [3.05, 3.63) is 0 Å². The van der Waals surface area contributed by atoms with Crippen molar-refractivity contribution in [1.82, 2.24) is 4.90 Å². The number of β-amino-alcohol motifs (C(OH)–C–C–N with tert-alkyl or cyclic N) is 2. The predicted octanol–water partition coefficient (Wildman–Crippen LogP) is -0.999. The molecular formula is C8H15NO3. The minimum Gasteiger partial charge on any atom is -0.389 e. The van der Waals surface area contributed by atoms with Crippen LogP contribution < -0.4 is 0 Å². The van der Waals surface area contributed by atoms with Crippen LogP contribution in [0.1, 0.15) is 13.8 Å². The Morgan fingerprint density at radius 1 is 1.33 bits per heavy atom. The molecule has 0 radical (unpaired) electrons. The van der Waals surface area contributed by atoms with Crippen LogP contribution in [0.25, 0.3) is 0 Å². The van der Waals surface area contributed by atoms with E-state index in [9.17, 15) is 15.0 Å². The average Bonchev–Trinajstić information content (AvgIpc) is 2.33. The highest BCUT2D eigenvalue weighted by Gasteiger charge is 2.37. The fraction of sp³-hybridized carbons (Fsp3) is 0.875. The van der Waals surface area contributed by atoms with Gasteiger partial charge in [-0.05, 0) is 13.8 Å². The maximum absolute atomic E-state index is 10.6. The molecule has 4 nitrogen and oxygen atoms in total. The van der Waals surface area contributed by atoms with E-state index in [-0.39, 0.29) is 0 Å². The normalized spacial score (nSPS) is 32.3. The number of aldehydes is 1. The molecule has 2 N–H and O–H groups in total. The smallest absolute Gasteiger partial charge is 0.139 e. The van der Waals surface area contributed by atoms with Crippen molar-refractivity contribution in [3.63, 3.8) is 0 Å². The molecule has 4 heteroatoms. The van der Waals surface area contributed by atoms with Crippen LogP contribution in [0, 0.1) is 0 Å². The lowest BCUT2D eigenvalue weighted by Crippen LogP contribution is -2.44. The second-order valence-electron chi connectivity index (χ2n) is 3.81. The molecule has 1 rings (SSSR count). The van der Waals surface area contributed by atoms with Gasteiger partial charge in [0.1, 0.15) is 6.29 Å². The quantitative estimate of drug-likeness (QED) is 0.526. The summed E-state index contributed by atoms with van der Waals surface area (Å²) in [6, 6.07) is 0. The average molecular weight is 173 g/mol. The molecule has 0 aromatic heterocycles. The standard InChI is InChI=1S/C8H15NO3/c1-8(2,5-10)9-3-6(11)7(12)4-9/h5-7,11-12H,3-4H2,1-2H3. The van der Waals surface area contributed by atoms with Crippen LogP contribution in [0.3, 0.4) is 0 Å². The summed E-state index contributed by atoms with van der Waals surface area (Å²) in [5.74, 6) is 0.